The molecule has 2 aliphatic rings. The summed E-state index contributed by atoms with van der Waals surface area (Å²) in [5.74, 6) is 2.87. The topological polar surface area (TPSA) is 56.1 Å². The minimum Gasteiger partial charge on any atom is -0.473 e. The van der Waals surface area contributed by atoms with E-state index in [9.17, 15) is 0 Å². The quantitative estimate of drug-likeness (QED) is 0.764. The molecule has 1 aliphatic heterocycles. The van der Waals surface area contributed by atoms with Crippen LogP contribution in [-0.4, -0.2) is 50.6 Å². The Hall–Kier alpha value is -1.95. The summed E-state index contributed by atoms with van der Waals surface area (Å²) >= 11 is 0. The van der Waals surface area contributed by atoms with Gasteiger partial charge in [-0.05, 0) is 49.0 Å². The zero-order valence-corrected chi connectivity index (χ0v) is 18.7. The average molecular weight is 398 g/mol. The van der Waals surface area contributed by atoms with Gasteiger partial charge < -0.3 is 9.64 Å². The molecule has 6 nitrogen and oxygen atoms in total. The van der Waals surface area contributed by atoms with Crippen molar-refractivity contribution >= 4 is 0 Å². The van der Waals surface area contributed by atoms with Gasteiger partial charge in [-0.25, -0.2) is 0 Å². The Bertz CT molecular complexity index is 824. The minimum atomic E-state index is 0.271. The number of nitrogens with zero attached hydrogens (tertiary/aromatic N) is 5. The smallest absolute Gasteiger partial charge is 0.233 e. The van der Waals surface area contributed by atoms with Gasteiger partial charge in [0.15, 0.2) is 0 Å². The number of aromatic nitrogens is 4. The molecule has 0 spiro atoms. The lowest BCUT2D eigenvalue weighted by Crippen LogP contribution is -2.33. The second-order valence-electron chi connectivity index (χ2n) is 10.3. The molecule has 2 aromatic rings. The van der Waals surface area contributed by atoms with Crippen molar-refractivity contribution < 1.29 is 4.74 Å². The molecule has 2 aromatic heterocycles. The van der Waals surface area contributed by atoms with E-state index in [-0.39, 0.29) is 6.10 Å². The first-order chi connectivity index (χ1) is 13.7. The summed E-state index contributed by atoms with van der Waals surface area (Å²) < 4.78 is 8.00. The summed E-state index contributed by atoms with van der Waals surface area (Å²) in [7, 11) is 1.92. The highest BCUT2D eigenvalue weighted by molar-refractivity contribution is 5.60. The van der Waals surface area contributed by atoms with E-state index in [0.717, 1.165) is 41.6 Å². The molecular formula is C23H35N5O. The van der Waals surface area contributed by atoms with Crippen molar-refractivity contribution in [1.82, 2.24) is 24.9 Å². The van der Waals surface area contributed by atoms with E-state index in [1.54, 1.807) is 4.68 Å². The van der Waals surface area contributed by atoms with Gasteiger partial charge in [0, 0.05) is 44.5 Å². The highest BCUT2D eigenvalue weighted by Crippen LogP contribution is 2.40. The second-order valence-corrected chi connectivity index (χ2v) is 10.3. The van der Waals surface area contributed by atoms with Gasteiger partial charge >= 0.3 is 0 Å². The Morgan fingerprint density at radius 2 is 1.83 bits per heavy atom. The van der Waals surface area contributed by atoms with Gasteiger partial charge in [0.05, 0.1) is 11.4 Å². The van der Waals surface area contributed by atoms with Crippen molar-refractivity contribution in [2.75, 3.05) is 19.6 Å². The van der Waals surface area contributed by atoms with Crippen LogP contribution in [0.1, 0.15) is 46.2 Å². The van der Waals surface area contributed by atoms with Gasteiger partial charge in [-0.2, -0.15) is 5.10 Å². The lowest BCUT2D eigenvalue weighted by molar-refractivity contribution is 0.153. The summed E-state index contributed by atoms with van der Waals surface area (Å²) in [5, 5.41) is 13.1. The number of aryl methyl sites for hydroxylation is 2. The number of hydrogen-bond donors (Lipinski definition) is 0. The highest BCUT2D eigenvalue weighted by atomic mass is 16.5. The predicted molar refractivity (Wildman–Crippen MR) is 115 cm³/mol. The average Bonchev–Trinajstić information content (AvgIpc) is 3.27. The van der Waals surface area contributed by atoms with Crippen LogP contribution in [0.15, 0.2) is 18.3 Å². The molecule has 4 rings (SSSR count). The van der Waals surface area contributed by atoms with E-state index in [1.807, 2.05) is 32.3 Å². The predicted octanol–water partition coefficient (Wildman–Crippen LogP) is 3.96. The lowest BCUT2D eigenvalue weighted by Gasteiger charge is -2.31. The Kier molecular flexibility index (Phi) is 5.40. The third kappa shape index (κ3) is 4.47. The maximum atomic E-state index is 6.20. The lowest BCUT2D eigenvalue weighted by atomic mass is 9.82. The van der Waals surface area contributed by atoms with Crippen molar-refractivity contribution in [2.24, 2.45) is 30.2 Å². The van der Waals surface area contributed by atoms with Gasteiger partial charge in [0.25, 0.3) is 0 Å². The normalized spacial score (nSPS) is 25.9. The van der Waals surface area contributed by atoms with Gasteiger partial charge in [-0.15, -0.1) is 10.2 Å². The Labute approximate surface area is 174 Å². The highest BCUT2D eigenvalue weighted by Gasteiger charge is 2.42. The zero-order valence-electron chi connectivity index (χ0n) is 18.7. The van der Waals surface area contributed by atoms with E-state index in [1.165, 1.54) is 19.6 Å². The van der Waals surface area contributed by atoms with Crippen LogP contribution in [0.5, 0.6) is 5.88 Å². The molecule has 6 heteroatoms. The van der Waals surface area contributed by atoms with Crippen molar-refractivity contribution in [3.63, 3.8) is 0 Å². The first-order valence-corrected chi connectivity index (χ1v) is 10.9. The van der Waals surface area contributed by atoms with Crippen molar-refractivity contribution in [3.8, 4) is 17.1 Å². The maximum absolute atomic E-state index is 6.20. The molecule has 0 N–H and O–H groups in total. The number of likely N-dealkylation sites (tertiary alicyclic amines) is 1. The monoisotopic (exact) mass is 397 g/mol. The van der Waals surface area contributed by atoms with E-state index in [2.05, 4.69) is 47.9 Å². The molecule has 0 radical (unpaired) electrons. The number of fused-ring (bicyclic) bond motifs is 1. The van der Waals surface area contributed by atoms with Crippen LogP contribution in [0, 0.1) is 30.1 Å². The fourth-order valence-electron chi connectivity index (χ4n) is 4.80. The van der Waals surface area contributed by atoms with Crippen LogP contribution in [0.25, 0.3) is 11.3 Å². The first-order valence-electron chi connectivity index (χ1n) is 10.9. The molecule has 3 unspecified atom stereocenters. The Morgan fingerprint density at radius 3 is 2.34 bits per heavy atom. The summed E-state index contributed by atoms with van der Waals surface area (Å²) in [6.07, 6.45) is 4.52. The van der Waals surface area contributed by atoms with Crippen LogP contribution < -0.4 is 4.74 Å². The molecule has 1 aliphatic carbocycles. The van der Waals surface area contributed by atoms with Gasteiger partial charge in [0.1, 0.15) is 6.10 Å². The second kappa shape index (κ2) is 7.71. The maximum Gasteiger partial charge on any atom is 0.233 e. The molecule has 4 atom stereocenters. The minimum absolute atomic E-state index is 0.271. The fourth-order valence-corrected chi connectivity index (χ4v) is 4.80. The van der Waals surface area contributed by atoms with Crippen LogP contribution in [0.2, 0.25) is 0 Å². The standard InChI is InChI=1S/C23H35N5O/c1-15(23(3,4)5)11-28-12-17-9-19(10-18(17)13-28)29-22-8-7-21(24-25-22)20-14-27(6)26-16(20)2/h7-8,14-15,17-19H,9-13H2,1-6H3/t15?,17-,18?,19?/m1/s1. The number of ether oxygens (including phenoxy) is 1. The van der Waals surface area contributed by atoms with Crippen molar-refractivity contribution in [1.29, 1.82) is 0 Å². The summed E-state index contributed by atoms with van der Waals surface area (Å²) in [6.45, 7) is 15.1. The first kappa shape index (κ1) is 20.3. The molecule has 158 valence electrons. The van der Waals surface area contributed by atoms with E-state index < -0.39 is 0 Å². The Morgan fingerprint density at radius 1 is 1.14 bits per heavy atom. The van der Waals surface area contributed by atoms with Crippen molar-refractivity contribution in [3.05, 3.63) is 24.0 Å². The number of hydrogen-bond acceptors (Lipinski definition) is 5. The molecular weight excluding hydrogens is 362 g/mol. The molecule has 2 fully saturated rings. The van der Waals surface area contributed by atoms with Crippen LogP contribution in [-0.2, 0) is 7.05 Å². The van der Waals surface area contributed by atoms with Crippen molar-refractivity contribution in [2.45, 2.75) is 53.6 Å². The van der Waals surface area contributed by atoms with E-state index >= 15 is 0 Å². The van der Waals surface area contributed by atoms with Crippen LogP contribution >= 0.6 is 0 Å². The molecule has 3 heterocycles. The third-order valence-electron chi connectivity index (χ3n) is 7.01. The SMILES string of the molecule is Cc1nn(C)cc1-c1ccc(OC2CC3CN(CC(C)C(C)(C)C)C[C@H]3C2)nn1. The molecule has 0 amide bonds. The molecule has 1 saturated carbocycles. The summed E-state index contributed by atoms with van der Waals surface area (Å²) in [4.78, 5) is 2.67. The molecule has 29 heavy (non-hydrogen) atoms. The fraction of sp³-hybridized carbons (Fsp3) is 0.696. The van der Waals surface area contributed by atoms with Gasteiger partial charge in [-0.1, -0.05) is 27.7 Å². The molecule has 1 saturated heterocycles. The molecule has 0 aromatic carbocycles. The molecule has 0 bridgehead atoms. The summed E-state index contributed by atoms with van der Waals surface area (Å²) in [6, 6.07) is 3.93. The van der Waals surface area contributed by atoms with E-state index in [4.69, 9.17) is 4.74 Å². The van der Waals surface area contributed by atoms with Crippen LogP contribution in [0.4, 0.5) is 0 Å². The van der Waals surface area contributed by atoms with Gasteiger partial charge in [-0.3, -0.25) is 4.68 Å². The number of rotatable bonds is 5. The largest absolute Gasteiger partial charge is 0.473 e. The third-order valence-corrected chi connectivity index (χ3v) is 7.01. The van der Waals surface area contributed by atoms with Crippen LogP contribution in [0.3, 0.4) is 0 Å². The van der Waals surface area contributed by atoms with Gasteiger partial charge in [0.2, 0.25) is 5.88 Å². The Balaban J connectivity index is 1.30. The summed E-state index contributed by atoms with van der Waals surface area (Å²) in [5.41, 5.74) is 3.20. The zero-order chi connectivity index (χ0) is 20.8. The van der Waals surface area contributed by atoms with E-state index in [0.29, 0.717) is 17.2 Å².